The van der Waals surface area contributed by atoms with Gasteiger partial charge in [-0.25, -0.2) is 0 Å². The summed E-state index contributed by atoms with van der Waals surface area (Å²) in [5.74, 6) is 0.108. The largest absolute Gasteiger partial charge is 0.306 e. The van der Waals surface area contributed by atoms with Crippen LogP contribution in [0.3, 0.4) is 0 Å². The Morgan fingerprint density at radius 1 is 1.36 bits per heavy atom. The predicted molar refractivity (Wildman–Crippen MR) is 49.7 cm³/mol. The van der Waals surface area contributed by atoms with Crippen LogP contribution >= 0.6 is 0 Å². The summed E-state index contributed by atoms with van der Waals surface area (Å²) in [7, 11) is 3.93. The van der Waals surface area contributed by atoms with E-state index >= 15 is 0 Å². The molecule has 0 unspecified atom stereocenters. The van der Waals surface area contributed by atoms with E-state index in [1.807, 2.05) is 38.9 Å². The molecule has 0 saturated carbocycles. The van der Waals surface area contributed by atoms with Gasteiger partial charge in [0, 0.05) is 6.54 Å². The van der Waals surface area contributed by atoms with E-state index in [1.54, 1.807) is 13.0 Å². The number of hydrogen-bond acceptors (Lipinski definition) is 2. The highest BCUT2D eigenvalue weighted by Gasteiger charge is 1.83. The zero-order valence-corrected chi connectivity index (χ0v) is 8.22. The monoisotopic (exact) mass is 157 g/mol. The smallest absolute Gasteiger partial charge is 0.152 e. The third kappa shape index (κ3) is 17.6. The molecule has 0 atom stereocenters. The molecule has 2 heteroatoms. The summed E-state index contributed by atoms with van der Waals surface area (Å²) in [5, 5.41) is 0. The average molecular weight is 157 g/mol. The van der Waals surface area contributed by atoms with Crippen LogP contribution in [0.5, 0.6) is 0 Å². The first kappa shape index (κ1) is 13.0. The third-order valence-electron chi connectivity index (χ3n) is 0.823. The van der Waals surface area contributed by atoms with Crippen molar-refractivity contribution in [3.63, 3.8) is 0 Å². The molecule has 0 bridgehead atoms. The van der Waals surface area contributed by atoms with Crippen LogP contribution < -0.4 is 0 Å². The van der Waals surface area contributed by atoms with Gasteiger partial charge in [-0.15, -0.1) is 0 Å². The van der Waals surface area contributed by atoms with Gasteiger partial charge >= 0.3 is 0 Å². The molecule has 0 radical (unpaired) electrons. The topological polar surface area (TPSA) is 20.3 Å². The molecule has 0 aromatic heterocycles. The van der Waals surface area contributed by atoms with E-state index in [0.717, 1.165) is 6.54 Å². The van der Waals surface area contributed by atoms with E-state index in [4.69, 9.17) is 0 Å². The molecular formula is C9H19NO. The van der Waals surface area contributed by atoms with Gasteiger partial charge in [-0.3, -0.25) is 4.79 Å². The predicted octanol–water partition coefficient (Wildman–Crippen LogP) is 1.72. The van der Waals surface area contributed by atoms with Gasteiger partial charge in [0.15, 0.2) is 5.78 Å². The molecule has 0 amide bonds. The SMILES string of the molecule is CC.CC(=O)/C=C/CN(C)C. The van der Waals surface area contributed by atoms with Crippen LogP contribution in [0.25, 0.3) is 0 Å². The van der Waals surface area contributed by atoms with E-state index in [-0.39, 0.29) is 5.78 Å². The Hall–Kier alpha value is -0.630. The molecule has 66 valence electrons. The number of hydrogen-bond donors (Lipinski definition) is 0. The van der Waals surface area contributed by atoms with Crippen molar-refractivity contribution in [1.29, 1.82) is 0 Å². The van der Waals surface area contributed by atoms with Gasteiger partial charge in [-0.05, 0) is 27.1 Å². The number of allylic oxidation sites excluding steroid dienone is 1. The van der Waals surface area contributed by atoms with Crippen LogP contribution in [0, 0.1) is 0 Å². The molecule has 0 spiro atoms. The van der Waals surface area contributed by atoms with E-state index in [2.05, 4.69) is 0 Å². The maximum Gasteiger partial charge on any atom is 0.152 e. The first-order valence-corrected chi connectivity index (χ1v) is 3.95. The minimum Gasteiger partial charge on any atom is -0.306 e. The van der Waals surface area contributed by atoms with E-state index in [1.165, 1.54) is 0 Å². The van der Waals surface area contributed by atoms with Gasteiger partial charge < -0.3 is 4.90 Å². The Kier molecular flexibility index (Phi) is 11.1. The van der Waals surface area contributed by atoms with Gasteiger partial charge in [-0.2, -0.15) is 0 Å². The first-order chi connectivity index (χ1) is 5.13. The number of rotatable bonds is 3. The minimum absolute atomic E-state index is 0.108. The molecule has 0 saturated heterocycles. The number of ketones is 1. The number of nitrogens with zero attached hydrogens (tertiary/aromatic N) is 1. The van der Waals surface area contributed by atoms with Gasteiger partial charge in [0.05, 0.1) is 0 Å². The van der Waals surface area contributed by atoms with Crippen LogP contribution in [0.2, 0.25) is 0 Å². The van der Waals surface area contributed by atoms with Crippen LogP contribution in [-0.2, 0) is 4.79 Å². The molecule has 0 heterocycles. The van der Waals surface area contributed by atoms with Crippen molar-refractivity contribution in [1.82, 2.24) is 4.90 Å². The lowest BCUT2D eigenvalue weighted by atomic mass is 10.4. The third-order valence-corrected chi connectivity index (χ3v) is 0.823. The molecule has 0 aliphatic heterocycles. The molecule has 2 nitrogen and oxygen atoms in total. The van der Waals surface area contributed by atoms with Crippen LogP contribution in [0.4, 0.5) is 0 Å². The van der Waals surface area contributed by atoms with Crippen molar-refractivity contribution in [2.75, 3.05) is 20.6 Å². The van der Waals surface area contributed by atoms with Crippen molar-refractivity contribution in [2.45, 2.75) is 20.8 Å². The maximum absolute atomic E-state index is 10.3. The van der Waals surface area contributed by atoms with E-state index < -0.39 is 0 Å². The highest BCUT2D eigenvalue weighted by atomic mass is 16.1. The first-order valence-electron chi connectivity index (χ1n) is 3.95. The Morgan fingerprint density at radius 3 is 2.09 bits per heavy atom. The Labute approximate surface area is 69.9 Å². The zero-order chi connectivity index (χ0) is 9.28. The molecule has 11 heavy (non-hydrogen) atoms. The van der Waals surface area contributed by atoms with E-state index in [0.29, 0.717) is 0 Å². The Balaban J connectivity index is 0. The fourth-order valence-corrected chi connectivity index (χ4v) is 0.429. The number of likely N-dealkylation sites (N-methyl/N-ethyl adjacent to an activating group) is 1. The molecule has 0 fully saturated rings. The summed E-state index contributed by atoms with van der Waals surface area (Å²) in [5.41, 5.74) is 0. The zero-order valence-electron chi connectivity index (χ0n) is 8.22. The quantitative estimate of drug-likeness (QED) is 0.581. The average Bonchev–Trinajstić information content (AvgIpc) is 1.90. The second kappa shape index (κ2) is 9.37. The Morgan fingerprint density at radius 2 is 1.82 bits per heavy atom. The van der Waals surface area contributed by atoms with Gasteiger partial charge in [0.1, 0.15) is 0 Å². The molecular weight excluding hydrogens is 138 g/mol. The van der Waals surface area contributed by atoms with Crippen LogP contribution in [-0.4, -0.2) is 31.3 Å². The van der Waals surface area contributed by atoms with Crippen LogP contribution in [0.1, 0.15) is 20.8 Å². The molecule has 0 N–H and O–H groups in total. The fraction of sp³-hybridized carbons (Fsp3) is 0.667. The maximum atomic E-state index is 10.3. The number of carbonyl (C=O) groups is 1. The van der Waals surface area contributed by atoms with Crippen molar-refractivity contribution in [3.05, 3.63) is 12.2 Å². The summed E-state index contributed by atoms with van der Waals surface area (Å²) >= 11 is 0. The molecule has 0 aliphatic rings. The molecule has 0 aromatic carbocycles. The summed E-state index contributed by atoms with van der Waals surface area (Å²) in [6.45, 7) is 6.38. The van der Waals surface area contributed by atoms with Crippen molar-refractivity contribution < 1.29 is 4.79 Å². The van der Waals surface area contributed by atoms with Gasteiger partial charge in [0.25, 0.3) is 0 Å². The highest BCUT2D eigenvalue weighted by molar-refractivity contribution is 5.87. The molecule has 0 aliphatic carbocycles. The van der Waals surface area contributed by atoms with Crippen molar-refractivity contribution >= 4 is 5.78 Å². The number of carbonyl (C=O) groups excluding carboxylic acids is 1. The Bertz CT molecular complexity index is 117. The lowest BCUT2D eigenvalue weighted by Gasteiger charge is -2.02. The fourth-order valence-electron chi connectivity index (χ4n) is 0.429. The molecule has 0 rings (SSSR count). The molecule has 0 aromatic rings. The summed E-state index contributed by atoms with van der Waals surface area (Å²) in [6.07, 6.45) is 3.43. The summed E-state index contributed by atoms with van der Waals surface area (Å²) in [4.78, 5) is 12.3. The van der Waals surface area contributed by atoms with Gasteiger partial charge in [-0.1, -0.05) is 19.9 Å². The highest BCUT2D eigenvalue weighted by Crippen LogP contribution is 1.77. The van der Waals surface area contributed by atoms with Crippen molar-refractivity contribution in [3.8, 4) is 0 Å². The second-order valence-electron chi connectivity index (χ2n) is 2.28. The standard InChI is InChI=1S/C7H13NO.C2H6/c1-7(9)5-4-6-8(2)3;1-2/h4-5H,6H2,1-3H3;1-2H3/b5-4+;. The second-order valence-corrected chi connectivity index (χ2v) is 2.28. The van der Waals surface area contributed by atoms with Crippen molar-refractivity contribution in [2.24, 2.45) is 0 Å². The van der Waals surface area contributed by atoms with Crippen LogP contribution in [0.15, 0.2) is 12.2 Å². The normalized spacial score (nSPS) is 9.64. The lowest BCUT2D eigenvalue weighted by Crippen LogP contribution is -2.10. The summed E-state index contributed by atoms with van der Waals surface area (Å²) in [6, 6.07) is 0. The summed E-state index contributed by atoms with van der Waals surface area (Å²) < 4.78 is 0. The minimum atomic E-state index is 0.108. The lowest BCUT2D eigenvalue weighted by molar-refractivity contribution is -0.112. The van der Waals surface area contributed by atoms with E-state index in [9.17, 15) is 4.79 Å². The van der Waals surface area contributed by atoms with Gasteiger partial charge in [0.2, 0.25) is 0 Å².